The van der Waals surface area contributed by atoms with Crippen LogP contribution in [0.2, 0.25) is 0 Å². The van der Waals surface area contributed by atoms with Crippen LogP contribution in [-0.2, 0) is 16.1 Å². The van der Waals surface area contributed by atoms with E-state index in [0.717, 1.165) is 5.69 Å². The van der Waals surface area contributed by atoms with Gasteiger partial charge >= 0.3 is 11.9 Å². The Morgan fingerprint density at radius 1 is 1.29 bits per heavy atom. The van der Waals surface area contributed by atoms with E-state index in [4.69, 9.17) is 15.9 Å². The molecule has 1 aromatic rings. The Hall–Kier alpha value is -1.99. The number of carboxylic acid groups (broad SMARTS) is 2. The van der Waals surface area contributed by atoms with Crippen molar-refractivity contribution < 1.29 is 19.8 Å². The third kappa shape index (κ3) is 7.38. The van der Waals surface area contributed by atoms with Crippen LogP contribution >= 0.6 is 0 Å². The van der Waals surface area contributed by atoms with Gasteiger partial charge in [-0.15, -0.1) is 0 Å². The van der Waals surface area contributed by atoms with Gasteiger partial charge in [-0.25, -0.2) is 0 Å². The Kier molecular flexibility index (Phi) is 7.34. The minimum Gasteiger partial charge on any atom is -0.480 e. The van der Waals surface area contributed by atoms with Crippen LogP contribution in [0.1, 0.15) is 25.0 Å². The summed E-state index contributed by atoms with van der Waals surface area (Å²) in [6, 6.07) is 4.65. The van der Waals surface area contributed by atoms with E-state index in [-0.39, 0.29) is 6.54 Å². The van der Waals surface area contributed by atoms with Gasteiger partial charge in [0.2, 0.25) is 0 Å². The molecule has 1 rings (SSSR count). The molecule has 0 aliphatic rings. The van der Waals surface area contributed by atoms with Gasteiger partial charge in [0.05, 0.1) is 12.2 Å². The molecular formula is C14H21N3O4. The Labute approximate surface area is 123 Å². The lowest BCUT2D eigenvalue weighted by atomic mass is 10.1. The predicted molar refractivity (Wildman–Crippen MR) is 76.6 cm³/mol. The zero-order valence-electron chi connectivity index (χ0n) is 11.8. The van der Waals surface area contributed by atoms with Gasteiger partial charge in [-0.2, -0.15) is 0 Å². The zero-order chi connectivity index (χ0) is 15.7. The van der Waals surface area contributed by atoms with Crippen LogP contribution in [-0.4, -0.2) is 51.2 Å². The number of hydrogen-bond acceptors (Lipinski definition) is 5. The quantitative estimate of drug-likeness (QED) is 0.540. The molecule has 0 radical (unpaired) electrons. The summed E-state index contributed by atoms with van der Waals surface area (Å²) in [6.07, 6.45) is 3.40. The van der Waals surface area contributed by atoms with Crippen LogP contribution in [0.5, 0.6) is 0 Å². The SMILES string of the molecule is NC(CCCCN(CC(=O)O)Cc1ccccn1)C(=O)O. The fraction of sp³-hybridized carbons (Fsp3) is 0.500. The standard InChI is InChI=1S/C14H21N3O4/c15-12(14(20)21)6-2-4-8-17(10-13(18)19)9-11-5-1-3-7-16-11/h1,3,5,7,12H,2,4,6,8-10,15H2,(H,18,19)(H,20,21). The molecule has 0 aromatic carbocycles. The van der Waals surface area contributed by atoms with Crippen LogP contribution in [0, 0.1) is 0 Å². The monoisotopic (exact) mass is 295 g/mol. The van der Waals surface area contributed by atoms with E-state index in [1.165, 1.54) is 0 Å². The van der Waals surface area contributed by atoms with Gasteiger partial charge in [0.25, 0.3) is 0 Å². The van der Waals surface area contributed by atoms with E-state index >= 15 is 0 Å². The maximum absolute atomic E-state index is 10.9. The van der Waals surface area contributed by atoms with Crippen LogP contribution in [0.15, 0.2) is 24.4 Å². The molecule has 0 aliphatic heterocycles. The Morgan fingerprint density at radius 3 is 2.62 bits per heavy atom. The third-order valence-electron chi connectivity index (χ3n) is 3.03. The van der Waals surface area contributed by atoms with Gasteiger partial charge < -0.3 is 15.9 Å². The van der Waals surface area contributed by atoms with E-state index in [9.17, 15) is 9.59 Å². The molecule has 0 saturated heterocycles. The minimum atomic E-state index is -1.01. The van der Waals surface area contributed by atoms with Crippen LogP contribution in [0.4, 0.5) is 0 Å². The molecule has 0 aliphatic carbocycles. The van der Waals surface area contributed by atoms with Crippen molar-refractivity contribution in [1.29, 1.82) is 0 Å². The molecular weight excluding hydrogens is 274 g/mol. The number of hydrogen-bond donors (Lipinski definition) is 3. The fourth-order valence-electron chi connectivity index (χ4n) is 1.95. The molecule has 0 saturated carbocycles. The van der Waals surface area contributed by atoms with Crippen LogP contribution in [0.25, 0.3) is 0 Å². The molecule has 0 bridgehead atoms. The smallest absolute Gasteiger partial charge is 0.320 e. The molecule has 1 aromatic heterocycles. The summed E-state index contributed by atoms with van der Waals surface area (Å²) >= 11 is 0. The highest BCUT2D eigenvalue weighted by atomic mass is 16.4. The molecule has 1 unspecified atom stereocenters. The molecule has 21 heavy (non-hydrogen) atoms. The normalized spacial score (nSPS) is 12.3. The molecule has 0 fully saturated rings. The third-order valence-corrected chi connectivity index (χ3v) is 3.03. The molecule has 7 heteroatoms. The largest absolute Gasteiger partial charge is 0.480 e. The van der Waals surface area contributed by atoms with Crippen molar-refractivity contribution in [3.05, 3.63) is 30.1 Å². The lowest BCUT2D eigenvalue weighted by molar-refractivity contribution is -0.139. The van der Waals surface area contributed by atoms with E-state index in [2.05, 4.69) is 4.98 Å². The topological polar surface area (TPSA) is 117 Å². The summed E-state index contributed by atoms with van der Waals surface area (Å²) < 4.78 is 0. The zero-order valence-corrected chi connectivity index (χ0v) is 11.8. The highest BCUT2D eigenvalue weighted by molar-refractivity contribution is 5.72. The number of pyridine rings is 1. The number of carboxylic acids is 2. The van der Waals surface area contributed by atoms with Crippen molar-refractivity contribution in [3.63, 3.8) is 0 Å². The van der Waals surface area contributed by atoms with Crippen molar-refractivity contribution in [2.45, 2.75) is 31.8 Å². The molecule has 7 nitrogen and oxygen atoms in total. The number of aromatic nitrogens is 1. The number of nitrogens with two attached hydrogens (primary N) is 1. The van der Waals surface area contributed by atoms with Gasteiger partial charge in [-0.05, 0) is 31.5 Å². The first kappa shape index (κ1) is 17.1. The van der Waals surface area contributed by atoms with Crippen molar-refractivity contribution >= 4 is 11.9 Å². The van der Waals surface area contributed by atoms with E-state index in [0.29, 0.717) is 32.4 Å². The van der Waals surface area contributed by atoms with Gasteiger partial charge in [0, 0.05) is 12.7 Å². The van der Waals surface area contributed by atoms with E-state index in [1.54, 1.807) is 17.2 Å². The molecule has 1 atom stereocenters. The number of aliphatic carboxylic acids is 2. The van der Waals surface area contributed by atoms with Crippen molar-refractivity contribution in [3.8, 4) is 0 Å². The number of carbonyl (C=O) groups is 2. The summed E-state index contributed by atoms with van der Waals surface area (Å²) in [7, 11) is 0. The minimum absolute atomic E-state index is 0.0679. The maximum atomic E-state index is 10.9. The van der Waals surface area contributed by atoms with Gasteiger partial charge in [-0.3, -0.25) is 19.5 Å². The Balaban J connectivity index is 2.40. The number of unbranched alkanes of at least 4 members (excludes halogenated alkanes) is 1. The second kappa shape index (κ2) is 9.04. The van der Waals surface area contributed by atoms with E-state index in [1.807, 2.05) is 12.1 Å². The second-order valence-corrected chi connectivity index (χ2v) is 4.87. The summed E-state index contributed by atoms with van der Waals surface area (Å²) in [4.78, 5) is 27.4. The summed E-state index contributed by atoms with van der Waals surface area (Å²) in [6.45, 7) is 0.953. The molecule has 1 heterocycles. The van der Waals surface area contributed by atoms with Crippen molar-refractivity contribution in [1.82, 2.24) is 9.88 Å². The highest BCUT2D eigenvalue weighted by Gasteiger charge is 2.13. The van der Waals surface area contributed by atoms with Crippen molar-refractivity contribution in [2.75, 3.05) is 13.1 Å². The summed E-state index contributed by atoms with van der Waals surface area (Å²) in [5, 5.41) is 17.6. The van der Waals surface area contributed by atoms with Crippen LogP contribution < -0.4 is 5.73 Å². The summed E-state index contributed by atoms with van der Waals surface area (Å²) in [5.41, 5.74) is 6.23. The molecule has 0 spiro atoms. The predicted octanol–water partition coefficient (Wildman–Crippen LogP) is 0.550. The van der Waals surface area contributed by atoms with Crippen molar-refractivity contribution in [2.24, 2.45) is 5.73 Å². The lowest BCUT2D eigenvalue weighted by Crippen LogP contribution is -2.32. The second-order valence-electron chi connectivity index (χ2n) is 4.87. The van der Waals surface area contributed by atoms with E-state index < -0.39 is 18.0 Å². The summed E-state index contributed by atoms with van der Waals surface area (Å²) in [5.74, 6) is -1.90. The Bertz CT molecular complexity index is 453. The Morgan fingerprint density at radius 2 is 2.05 bits per heavy atom. The lowest BCUT2D eigenvalue weighted by Gasteiger charge is -2.19. The molecule has 4 N–H and O–H groups in total. The molecule has 116 valence electrons. The van der Waals surface area contributed by atoms with Gasteiger partial charge in [0.15, 0.2) is 0 Å². The maximum Gasteiger partial charge on any atom is 0.320 e. The average Bonchev–Trinajstić information content (AvgIpc) is 2.43. The first-order valence-electron chi connectivity index (χ1n) is 6.81. The van der Waals surface area contributed by atoms with Gasteiger partial charge in [-0.1, -0.05) is 12.5 Å². The number of rotatable bonds is 10. The molecule has 0 amide bonds. The van der Waals surface area contributed by atoms with Gasteiger partial charge in [0.1, 0.15) is 6.04 Å². The number of nitrogens with zero attached hydrogens (tertiary/aromatic N) is 2. The average molecular weight is 295 g/mol. The first-order chi connectivity index (χ1) is 9.99. The first-order valence-corrected chi connectivity index (χ1v) is 6.81. The van der Waals surface area contributed by atoms with Crippen LogP contribution in [0.3, 0.4) is 0 Å². The highest BCUT2D eigenvalue weighted by Crippen LogP contribution is 2.05. The fourth-order valence-corrected chi connectivity index (χ4v) is 1.95.